The molecule has 2 rings (SSSR count). The topological polar surface area (TPSA) is 12.0 Å². The van der Waals surface area contributed by atoms with Crippen LogP contribution in [0.4, 0.5) is 8.78 Å². The number of rotatable bonds is 4. The van der Waals surface area contributed by atoms with Crippen molar-refractivity contribution in [1.82, 2.24) is 5.32 Å². The minimum atomic E-state index is -0.478. The molecule has 0 heterocycles. The molecule has 0 aliphatic heterocycles. The zero-order valence-electron chi connectivity index (χ0n) is 10.8. The molecule has 106 valence electrons. The van der Waals surface area contributed by atoms with E-state index >= 15 is 0 Å². The van der Waals surface area contributed by atoms with Crippen LogP contribution >= 0.6 is 23.2 Å². The molecule has 0 saturated carbocycles. The Balaban J connectivity index is 2.31. The highest BCUT2D eigenvalue weighted by Crippen LogP contribution is 2.27. The van der Waals surface area contributed by atoms with E-state index in [-0.39, 0.29) is 16.9 Å². The van der Waals surface area contributed by atoms with Crippen LogP contribution in [0.5, 0.6) is 0 Å². The van der Waals surface area contributed by atoms with Gasteiger partial charge in [0, 0.05) is 16.6 Å². The molecular weight excluding hydrogens is 303 g/mol. The van der Waals surface area contributed by atoms with Gasteiger partial charge in [0.1, 0.15) is 11.6 Å². The zero-order valence-corrected chi connectivity index (χ0v) is 12.3. The molecule has 0 amide bonds. The molecule has 2 aromatic rings. The molecule has 1 N–H and O–H groups in total. The van der Waals surface area contributed by atoms with Crippen molar-refractivity contribution in [2.45, 2.75) is 12.5 Å². The van der Waals surface area contributed by atoms with E-state index in [4.69, 9.17) is 23.2 Å². The maximum absolute atomic E-state index is 13.8. The molecule has 0 aliphatic rings. The van der Waals surface area contributed by atoms with E-state index < -0.39 is 5.82 Å². The highest BCUT2D eigenvalue weighted by molar-refractivity contribution is 6.31. The number of hydrogen-bond acceptors (Lipinski definition) is 1. The van der Waals surface area contributed by atoms with E-state index in [2.05, 4.69) is 5.32 Å². The summed E-state index contributed by atoms with van der Waals surface area (Å²) in [6.07, 6.45) is 0.351. The molecule has 1 nitrogen and oxygen atoms in total. The van der Waals surface area contributed by atoms with Gasteiger partial charge in [-0.15, -0.1) is 0 Å². The third-order valence-corrected chi connectivity index (χ3v) is 3.81. The van der Waals surface area contributed by atoms with Gasteiger partial charge in [0.25, 0.3) is 0 Å². The van der Waals surface area contributed by atoms with Crippen molar-refractivity contribution >= 4 is 23.2 Å². The Bertz CT molecular complexity index is 597. The SMILES string of the molecule is CNC(Cc1c(F)cccc1Cl)c1ccc(F)c(Cl)c1. The first-order valence-electron chi connectivity index (χ1n) is 6.08. The number of halogens is 4. The van der Waals surface area contributed by atoms with Gasteiger partial charge in [0.05, 0.1) is 5.02 Å². The van der Waals surface area contributed by atoms with Crippen LogP contribution in [0.2, 0.25) is 10.0 Å². The van der Waals surface area contributed by atoms with Gasteiger partial charge in [-0.25, -0.2) is 8.78 Å². The maximum Gasteiger partial charge on any atom is 0.141 e. The van der Waals surface area contributed by atoms with Crippen LogP contribution < -0.4 is 5.32 Å². The van der Waals surface area contributed by atoms with Gasteiger partial charge in [0.15, 0.2) is 0 Å². The Morgan fingerprint density at radius 1 is 1.05 bits per heavy atom. The van der Waals surface area contributed by atoms with Gasteiger partial charge >= 0.3 is 0 Å². The van der Waals surface area contributed by atoms with Gasteiger partial charge in [-0.1, -0.05) is 35.3 Å². The fourth-order valence-corrected chi connectivity index (χ4v) is 2.48. The summed E-state index contributed by atoms with van der Waals surface area (Å²) in [5.41, 5.74) is 1.20. The van der Waals surface area contributed by atoms with Crippen molar-refractivity contribution in [2.24, 2.45) is 0 Å². The van der Waals surface area contributed by atoms with Crippen LogP contribution in [0.3, 0.4) is 0 Å². The Hall–Kier alpha value is -1.16. The second kappa shape index (κ2) is 6.53. The van der Waals surface area contributed by atoms with E-state index in [1.807, 2.05) is 0 Å². The molecule has 5 heteroatoms. The first-order valence-corrected chi connectivity index (χ1v) is 6.83. The molecule has 0 aliphatic carbocycles. The highest BCUT2D eigenvalue weighted by atomic mass is 35.5. The third kappa shape index (κ3) is 3.29. The van der Waals surface area contributed by atoms with E-state index in [1.165, 1.54) is 18.2 Å². The lowest BCUT2D eigenvalue weighted by atomic mass is 9.98. The van der Waals surface area contributed by atoms with Crippen molar-refractivity contribution in [3.05, 3.63) is 69.2 Å². The van der Waals surface area contributed by atoms with E-state index in [0.717, 1.165) is 5.56 Å². The average Bonchev–Trinajstić information content (AvgIpc) is 2.42. The lowest BCUT2D eigenvalue weighted by molar-refractivity contribution is 0.552. The molecule has 0 bridgehead atoms. The number of benzene rings is 2. The summed E-state index contributed by atoms with van der Waals surface area (Å²) in [4.78, 5) is 0. The van der Waals surface area contributed by atoms with E-state index in [1.54, 1.807) is 25.2 Å². The number of hydrogen-bond donors (Lipinski definition) is 1. The highest BCUT2D eigenvalue weighted by Gasteiger charge is 2.16. The fourth-order valence-electron chi connectivity index (χ4n) is 2.05. The van der Waals surface area contributed by atoms with Crippen molar-refractivity contribution in [3.63, 3.8) is 0 Å². The van der Waals surface area contributed by atoms with E-state index in [0.29, 0.717) is 17.0 Å². The summed E-state index contributed by atoms with van der Waals surface area (Å²) in [6.45, 7) is 0. The van der Waals surface area contributed by atoms with Crippen LogP contribution in [0.1, 0.15) is 17.2 Å². The van der Waals surface area contributed by atoms with Gasteiger partial charge in [-0.05, 0) is 43.3 Å². The molecule has 20 heavy (non-hydrogen) atoms. The molecule has 1 atom stereocenters. The monoisotopic (exact) mass is 315 g/mol. The number of nitrogens with one attached hydrogen (secondary N) is 1. The maximum atomic E-state index is 13.8. The standard InChI is InChI=1S/C15H13Cl2F2N/c1-20-15(9-5-6-14(19)12(17)7-9)8-10-11(16)3-2-4-13(10)18/h2-7,15,20H,8H2,1H3. The van der Waals surface area contributed by atoms with E-state index in [9.17, 15) is 8.78 Å². The summed E-state index contributed by atoms with van der Waals surface area (Å²) < 4.78 is 27.0. The average molecular weight is 316 g/mol. The first-order chi connectivity index (χ1) is 9.52. The lowest BCUT2D eigenvalue weighted by Gasteiger charge is -2.18. The molecule has 2 aromatic carbocycles. The minimum absolute atomic E-state index is 0.0439. The van der Waals surface area contributed by atoms with Crippen molar-refractivity contribution in [3.8, 4) is 0 Å². The molecule has 0 radical (unpaired) electrons. The normalized spacial score (nSPS) is 12.4. The van der Waals surface area contributed by atoms with Gasteiger partial charge < -0.3 is 5.32 Å². The molecule has 0 spiro atoms. The van der Waals surface area contributed by atoms with Crippen LogP contribution in [0.25, 0.3) is 0 Å². The number of likely N-dealkylation sites (N-methyl/N-ethyl adjacent to an activating group) is 1. The summed E-state index contributed by atoms with van der Waals surface area (Å²) in [5.74, 6) is -0.833. The fraction of sp³-hybridized carbons (Fsp3) is 0.200. The molecule has 0 saturated heterocycles. The second-order valence-corrected chi connectivity index (χ2v) is 5.23. The minimum Gasteiger partial charge on any atom is -0.313 e. The van der Waals surface area contributed by atoms with Gasteiger partial charge in [-0.2, -0.15) is 0 Å². The van der Waals surface area contributed by atoms with Crippen molar-refractivity contribution in [2.75, 3.05) is 7.05 Å². The van der Waals surface area contributed by atoms with Crippen molar-refractivity contribution < 1.29 is 8.78 Å². The van der Waals surface area contributed by atoms with Crippen LogP contribution in [-0.2, 0) is 6.42 Å². The zero-order chi connectivity index (χ0) is 14.7. The van der Waals surface area contributed by atoms with Crippen LogP contribution in [-0.4, -0.2) is 7.05 Å². The summed E-state index contributed by atoms with van der Waals surface area (Å²) in [6, 6.07) is 8.82. The molecular formula is C15H13Cl2F2N. The Morgan fingerprint density at radius 3 is 2.40 bits per heavy atom. The second-order valence-electron chi connectivity index (χ2n) is 4.42. The smallest absolute Gasteiger partial charge is 0.141 e. The predicted molar refractivity (Wildman–Crippen MR) is 78.3 cm³/mol. The van der Waals surface area contributed by atoms with Gasteiger partial charge in [-0.3, -0.25) is 0 Å². The van der Waals surface area contributed by atoms with Crippen LogP contribution in [0, 0.1) is 11.6 Å². The first kappa shape index (κ1) is 15.2. The molecule has 0 aromatic heterocycles. The lowest BCUT2D eigenvalue weighted by Crippen LogP contribution is -2.19. The molecule has 1 unspecified atom stereocenters. The van der Waals surface area contributed by atoms with Gasteiger partial charge in [0.2, 0.25) is 0 Å². The quantitative estimate of drug-likeness (QED) is 0.856. The van der Waals surface area contributed by atoms with Crippen molar-refractivity contribution in [1.29, 1.82) is 0 Å². The summed E-state index contributed by atoms with van der Waals surface area (Å²) in [5, 5.41) is 3.48. The molecule has 0 fully saturated rings. The Morgan fingerprint density at radius 2 is 1.80 bits per heavy atom. The summed E-state index contributed by atoms with van der Waals surface area (Å²) in [7, 11) is 1.75. The largest absolute Gasteiger partial charge is 0.313 e. The van der Waals surface area contributed by atoms with Crippen LogP contribution in [0.15, 0.2) is 36.4 Å². The Labute approximate surface area is 126 Å². The summed E-state index contributed by atoms with van der Waals surface area (Å²) >= 11 is 11.8. The predicted octanol–water partition coefficient (Wildman–Crippen LogP) is 4.77. The Kier molecular flexibility index (Phi) is 4.97. The third-order valence-electron chi connectivity index (χ3n) is 3.16.